The Hall–Kier alpha value is -1.83. The molecular weight excluding hydrogens is 224 g/mol. The minimum atomic E-state index is 0.352. The second kappa shape index (κ2) is 6.20. The minimum Gasteiger partial charge on any atom is -0.460 e. The summed E-state index contributed by atoms with van der Waals surface area (Å²) >= 11 is 0. The van der Waals surface area contributed by atoms with Crippen LogP contribution in [-0.2, 0) is 17.6 Å². The van der Waals surface area contributed by atoms with Gasteiger partial charge in [-0.05, 0) is 24.0 Å². The quantitative estimate of drug-likeness (QED) is 0.772. The summed E-state index contributed by atoms with van der Waals surface area (Å²) in [6, 6.07) is 10.1. The van der Waals surface area contributed by atoms with Gasteiger partial charge in [0.2, 0.25) is 0 Å². The van der Waals surface area contributed by atoms with Crippen LogP contribution in [0.4, 0.5) is 0 Å². The molecule has 2 aromatic rings. The van der Waals surface area contributed by atoms with Gasteiger partial charge >= 0.3 is 0 Å². The Morgan fingerprint density at radius 1 is 1.22 bits per heavy atom. The smallest absolute Gasteiger partial charge is 0.272 e. The molecule has 0 aliphatic carbocycles. The van der Waals surface area contributed by atoms with Gasteiger partial charge in [-0.2, -0.15) is 0 Å². The maximum Gasteiger partial charge on any atom is 0.272 e. The number of hydrogen-bond acceptors (Lipinski definition) is 2. The van der Waals surface area contributed by atoms with Gasteiger partial charge in [0.25, 0.3) is 6.29 Å². The Morgan fingerprint density at radius 3 is 2.67 bits per heavy atom. The van der Waals surface area contributed by atoms with E-state index < -0.39 is 0 Å². The molecule has 0 amide bonds. The van der Waals surface area contributed by atoms with E-state index in [1.54, 1.807) is 6.26 Å². The molecule has 18 heavy (non-hydrogen) atoms. The minimum absolute atomic E-state index is 0.352. The zero-order chi connectivity index (χ0) is 12.8. The van der Waals surface area contributed by atoms with Crippen molar-refractivity contribution in [2.75, 3.05) is 0 Å². The van der Waals surface area contributed by atoms with Crippen LogP contribution < -0.4 is 0 Å². The van der Waals surface area contributed by atoms with Gasteiger partial charge in [0.15, 0.2) is 5.76 Å². The molecule has 2 rings (SSSR count). The van der Waals surface area contributed by atoms with Gasteiger partial charge in [-0.3, -0.25) is 4.79 Å². The van der Waals surface area contributed by atoms with Crippen LogP contribution >= 0.6 is 0 Å². The van der Waals surface area contributed by atoms with E-state index in [1.165, 1.54) is 5.56 Å². The summed E-state index contributed by atoms with van der Waals surface area (Å²) in [5, 5.41) is 0. The average molecular weight is 241 g/mol. The van der Waals surface area contributed by atoms with Crippen molar-refractivity contribution >= 4 is 6.29 Å². The van der Waals surface area contributed by atoms with Crippen molar-refractivity contribution in [3.05, 3.63) is 59.0 Å². The third kappa shape index (κ3) is 2.89. The number of hydrogen-bond donors (Lipinski definition) is 0. The van der Waals surface area contributed by atoms with Gasteiger partial charge in [-0.15, -0.1) is 0 Å². The topological polar surface area (TPSA) is 30.2 Å². The molecule has 2 nitrogen and oxygen atoms in total. The summed E-state index contributed by atoms with van der Waals surface area (Å²) in [6.07, 6.45) is 7.54. The third-order valence-electron chi connectivity index (χ3n) is 3.10. The standard InChI is InChI=1S/C16H17O2/c1-2-3-9-14-12-18-16(11-17)15(14)10-13-7-5-4-6-8-13/h4-8,12H,2-3,9-10H2,1H3. The molecule has 0 saturated carbocycles. The summed E-state index contributed by atoms with van der Waals surface area (Å²) in [4.78, 5) is 10.9. The van der Waals surface area contributed by atoms with E-state index in [9.17, 15) is 4.79 Å². The molecule has 1 aromatic carbocycles. The molecule has 0 N–H and O–H groups in total. The molecule has 0 aliphatic heterocycles. The van der Waals surface area contributed by atoms with Crippen molar-refractivity contribution in [3.63, 3.8) is 0 Å². The van der Waals surface area contributed by atoms with Crippen molar-refractivity contribution in [1.29, 1.82) is 0 Å². The van der Waals surface area contributed by atoms with E-state index in [0.29, 0.717) is 5.76 Å². The molecule has 0 saturated heterocycles. The number of benzene rings is 1. The molecule has 1 heterocycles. The molecule has 0 bridgehead atoms. The molecule has 0 spiro atoms. The third-order valence-corrected chi connectivity index (χ3v) is 3.10. The highest BCUT2D eigenvalue weighted by Gasteiger charge is 2.13. The highest BCUT2D eigenvalue weighted by Crippen LogP contribution is 2.21. The van der Waals surface area contributed by atoms with Crippen LogP contribution in [-0.4, -0.2) is 6.29 Å². The van der Waals surface area contributed by atoms with Crippen LogP contribution in [0.25, 0.3) is 0 Å². The summed E-state index contributed by atoms with van der Waals surface area (Å²) < 4.78 is 5.29. The van der Waals surface area contributed by atoms with Gasteiger partial charge in [-0.25, -0.2) is 0 Å². The SMILES string of the molecule is CCCCc1coc([C]=O)c1Cc1ccccc1. The van der Waals surface area contributed by atoms with Crippen LogP contribution in [0.5, 0.6) is 0 Å². The van der Waals surface area contributed by atoms with E-state index in [0.717, 1.165) is 36.8 Å². The van der Waals surface area contributed by atoms with Gasteiger partial charge in [-0.1, -0.05) is 43.7 Å². The van der Waals surface area contributed by atoms with E-state index >= 15 is 0 Å². The Balaban J connectivity index is 2.24. The lowest BCUT2D eigenvalue weighted by Crippen LogP contribution is -1.96. The molecule has 93 valence electrons. The number of furan rings is 1. The van der Waals surface area contributed by atoms with Crippen molar-refractivity contribution in [2.24, 2.45) is 0 Å². The fraction of sp³-hybridized carbons (Fsp3) is 0.312. The second-order valence-corrected chi connectivity index (χ2v) is 4.44. The highest BCUT2D eigenvalue weighted by molar-refractivity contribution is 5.74. The Labute approximate surface area is 108 Å². The molecule has 0 unspecified atom stereocenters. The predicted molar refractivity (Wildman–Crippen MR) is 71.4 cm³/mol. The lowest BCUT2D eigenvalue weighted by molar-refractivity contribution is 0.515. The summed E-state index contributed by atoms with van der Waals surface area (Å²) in [5.41, 5.74) is 3.32. The number of aryl methyl sites for hydroxylation is 1. The van der Waals surface area contributed by atoms with Gasteiger partial charge in [0.1, 0.15) is 0 Å². The lowest BCUT2D eigenvalue weighted by atomic mass is 9.99. The first-order chi connectivity index (χ1) is 8.85. The van der Waals surface area contributed by atoms with Crippen LogP contribution in [0.1, 0.15) is 42.2 Å². The number of carbonyl (C=O) groups excluding carboxylic acids is 1. The largest absolute Gasteiger partial charge is 0.460 e. The molecular formula is C16H17O2. The fourth-order valence-corrected chi connectivity index (χ4v) is 2.07. The maximum atomic E-state index is 10.9. The summed E-state index contributed by atoms with van der Waals surface area (Å²) in [5.74, 6) is 0.352. The molecule has 2 heteroatoms. The second-order valence-electron chi connectivity index (χ2n) is 4.44. The first-order valence-corrected chi connectivity index (χ1v) is 6.36. The van der Waals surface area contributed by atoms with E-state index in [4.69, 9.17) is 4.42 Å². The first-order valence-electron chi connectivity index (χ1n) is 6.36. The van der Waals surface area contributed by atoms with Gasteiger partial charge in [0.05, 0.1) is 6.26 Å². The van der Waals surface area contributed by atoms with Crippen molar-refractivity contribution in [2.45, 2.75) is 32.6 Å². The first kappa shape index (κ1) is 12.6. The Bertz CT molecular complexity index is 497. The predicted octanol–water partition coefficient (Wildman–Crippen LogP) is 3.67. The molecule has 0 aliphatic rings. The molecule has 0 fully saturated rings. The van der Waals surface area contributed by atoms with E-state index in [2.05, 4.69) is 19.1 Å². The summed E-state index contributed by atoms with van der Waals surface area (Å²) in [6.45, 7) is 2.16. The van der Waals surface area contributed by atoms with E-state index in [1.807, 2.05) is 24.5 Å². The number of unbranched alkanes of at least 4 members (excludes halogenated alkanes) is 1. The lowest BCUT2D eigenvalue weighted by Gasteiger charge is -2.03. The summed E-state index contributed by atoms with van der Waals surface area (Å²) in [7, 11) is 0. The van der Waals surface area contributed by atoms with Crippen LogP contribution in [0.2, 0.25) is 0 Å². The van der Waals surface area contributed by atoms with Crippen molar-refractivity contribution < 1.29 is 9.21 Å². The van der Waals surface area contributed by atoms with Gasteiger partial charge < -0.3 is 4.42 Å². The monoisotopic (exact) mass is 241 g/mol. The van der Waals surface area contributed by atoms with Crippen LogP contribution in [0.3, 0.4) is 0 Å². The molecule has 1 aromatic heterocycles. The highest BCUT2D eigenvalue weighted by atomic mass is 16.3. The van der Waals surface area contributed by atoms with E-state index in [-0.39, 0.29) is 0 Å². The zero-order valence-corrected chi connectivity index (χ0v) is 10.6. The Kier molecular flexibility index (Phi) is 4.35. The van der Waals surface area contributed by atoms with Crippen LogP contribution in [0.15, 0.2) is 41.0 Å². The molecule has 1 radical (unpaired) electrons. The Morgan fingerprint density at radius 2 is 2.00 bits per heavy atom. The normalized spacial score (nSPS) is 10.5. The molecule has 0 atom stereocenters. The number of rotatable bonds is 6. The van der Waals surface area contributed by atoms with Crippen molar-refractivity contribution in [1.82, 2.24) is 0 Å². The zero-order valence-electron chi connectivity index (χ0n) is 10.6. The van der Waals surface area contributed by atoms with Crippen molar-refractivity contribution in [3.8, 4) is 0 Å². The van der Waals surface area contributed by atoms with Gasteiger partial charge in [0, 0.05) is 12.0 Å². The average Bonchev–Trinajstić information content (AvgIpc) is 2.80. The fourth-order valence-electron chi connectivity index (χ4n) is 2.07. The maximum absolute atomic E-state index is 10.9. The van der Waals surface area contributed by atoms with Crippen LogP contribution in [0, 0.1) is 0 Å².